The maximum Gasteiger partial charge on any atom is 0.264 e. The lowest BCUT2D eigenvalue weighted by molar-refractivity contribution is 0.735. The maximum atomic E-state index is 14.1. The number of pyridine rings is 1. The van der Waals surface area contributed by atoms with E-state index in [4.69, 9.17) is 4.98 Å². The number of hydrogen-bond acceptors (Lipinski definition) is 4. The second kappa shape index (κ2) is 8.25. The van der Waals surface area contributed by atoms with E-state index in [-0.39, 0.29) is 5.56 Å². The van der Waals surface area contributed by atoms with Crippen molar-refractivity contribution in [2.24, 2.45) is 0 Å². The van der Waals surface area contributed by atoms with Gasteiger partial charge in [-0.1, -0.05) is 72.8 Å². The molecule has 182 valence electrons. The van der Waals surface area contributed by atoms with E-state index in [0.29, 0.717) is 33.6 Å². The number of imidazole rings is 1. The lowest BCUT2D eigenvalue weighted by atomic mass is 9.76. The van der Waals surface area contributed by atoms with Gasteiger partial charge in [0.05, 0.1) is 29.1 Å². The van der Waals surface area contributed by atoms with Gasteiger partial charge >= 0.3 is 0 Å². The molecular formula is C34H20N4O. The van der Waals surface area contributed by atoms with Crippen LogP contribution < -0.4 is 5.56 Å². The van der Waals surface area contributed by atoms with Gasteiger partial charge < -0.3 is 0 Å². The second-order valence-corrected chi connectivity index (χ2v) is 9.97. The molecule has 2 heterocycles. The molecule has 4 aromatic carbocycles. The quantitative estimate of drug-likeness (QED) is 0.260. The molecule has 5 nitrogen and oxygen atoms in total. The lowest BCUT2D eigenvalue weighted by Gasteiger charge is -2.25. The van der Waals surface area contributed by atoms with Gasteiger partial charge in [-0.2, -0.15) is 10.5 Å². The Kier molecular flexibility index (Phi) is 4.79. The van der Waals surface area contributed by atoms with Gasteiger partial charge in [0.1, 0.15) is 5.65 Å². The summed E-state index contributed by atoms with van der Waals surface area (Å²) in [7, 11) is 0. The zero-order valence-corrected chi connectivity index (χ0v) is 21.0. The molecular weight excluding hydrogens is 480 g/mol. The first-order chi connectivity index (χ1) is 19.0. The van der Waals surface area contributed by atoms with Crippen LogP contribution in [0.5, 0.6) is 0 Å². The Balaban J connectivity index is 1.58. The van der Waals surface area contributed by atoms with E-state index in [2.05, 4.69) is 12.1 Å². The average Bonchev–Trinajstić information content (AvgIpc) is 3.29. The summed E-state index contributed by atoms with van der Waals surface area (Å²) in [6.07, 6.45) is 5.69. The molecule has 0 amide bonds. The number of hydrogen-bond donors (Lipinski definition) is 0. The summed E-state index contributed by atoms with van der Waals surface area (Å²) in [5.41, 5.74) is 4.71. The highest BCUT2D eigenvalue weighted by Crippen LogP contribution is 2.40. The number of rotatable bonds is 2. The molecule has 6 aromatic rings. The molecule has 0 saturated heterocycles. The fourth-order valence-electron chi connectivity index (χ4n) is 5.84. The summed E-state index contributed by atoms with van der Waals surface area (Å²) in [5, 5.41) is 23.0. The summed E-state index contributed by atoms with van der Waals surface area (Å²) in [6, 6.07) is 31.9. The van der Waals surface area contributed by atoms with Crippen molar-refractivity contribution in [3.8, 4) is 23.3 Å². The Morgan fingerprint density at radius 3 is 2.26 bits per heavy atom. The summed E-state index contributed by atoms with van der Waals surface area (Å²) < 4.78 is 1.61. The number of fused-ring (bicyclic) bond motifs is 4. The molecule has 0 spiro atoms. The van der Waals surface area contributed by atoms with Crippen molar-refractivity contribution in [3.63, 3.8) is 0 Å². The first kappa shape index (κ1) is 22.7. The van der Waals surface area contributed by atoms with Gasteiger partial charge in [-0.15, -0.1) is 0 Å². The van der Waals surface area contributed by atoms with Crippen molar-refractivity contribution in [3.05, 3.63) is 129 Å². The summed E-state index contributed by atoms with van der Waals surface area (Å²) >= 11 is 0. The minimum absolute atomic E-state index is 0.226. The first-order valence-electron chi connectivity index (χ1n) is 12.7. The molecule has 0 radical (unpaired) electrons. The van der Waals surface area contributed by atoms with Crippen LogP contribution in [0.4, 0.5) is 0 Å². The second-order valence-electron chi connectivity index (χ2n) is 9.97. The maximum absolute atomic E-state index is 14.1. The van der Waals surface area contributed by atoms with Crippen LogP contribution in [-0.2, 0) is 5.41 Å². The Labute approximate surface area is 224 Å². The third-order valence-corrected chi connectivity index (χ3v) is 7.89. The van der Waals surface area contributed by atoms with E-state index in [0.717, 1.165) is 32.8 Å². The number of nitrogens with zero attached hydrogens (tertiary/aromatic N) is 4. The van der Waals surface area contributed by atoms with Crippen LogP contribution in [-0.4, -0.2) is 9.38 Å². The molecule has 0 bridgehead atoms. The normalized spacial score (nSPS) is 16.5. The molecule has 5 heteroatoms. The molecule has 0 fully saturated rings. The first-order valence-corrected chi connectivity index (χ1v) is 12.7. The standard InChI is InChI=1S/C34H20N4O/c1-34(23-10-6-3-7-11-23)17-16-28-29(18-24(34)20-36)38-32(37-28)26-13-12-22(19-35)30-25(21-8-4-2-5-9-21)14-15-27(31(26)30)33(38)39/h2-18H,1H3. The minimum Gasteiger partial charge on any atom is -0.268 e. The van der Waals surface area contributed by atoms with Gasteiger partial charge in [-0.25, -0.2) is 4.98 Å². The highest BCUT2D eigenvalue weighted by Gasteiger charge is 2.32. The van der Waals surface area contributed by atoms with Crippen LogP contribution in [0.15, 0.2) is 101 Å². The van der Waals surface area contributed by atoms with Crippen LogP contribution in [0, 0.1) is 22.7 Å². The fraction of sp³-hybridized carbons (Fsp3) is 0.0588. The molecule has 1 atom stereocenters. The van der Waals surface area contributed by atoms with E-state index in [1.165, 1.54) is 0 Å². The van der Waals surface area contributed by atoms with E-state index < -0.39 is 5.41 Å². The van der Waals surface area contributed by atoms with Crippen molar-refractivity contribution in [1.29, 1.82) is 10.5 Å². The zero-order valence-electron chi connectivity index (χ0n) is 21.0. The molecule has 0 saturated carbocycles. The van der Waals surface area contributed by atoms with E-state index >= 15 is 0 Å². The Morgan fingerprint density at radius 1 is 0.821 bits per heavy atom. The smallest absolute Gasteiger partial charge is 0.264 e. The Hall–Kier alpha value is -5.52. The topological polar surface area (TPSA) is 81.9 Å². The number of aromatic nitrogens is 2. The number of nitriles is 2. The monoisotopic (exact) mass is 500 g/mol. The lowest BCUT2D eigenvalue weighted by Crippen LogP contribution is -2.21. The summed E-state index contributed by atoms with van der Waals surface area (Å²) in [4.78, 5) is 19.0. The van der Waals surface area contributed by atoms with Crippen LogP contribution in [0.25, 0.3) is 50.5 Å². The molecule has 1 aliphatic carbocycles. The van der Waals surface area contributed by atoms with E-state index in [9.17, 15) is 15.3 Å². The van der Waals surface area contributed by atoms with Gasteiger partial charge in [0, 0.05) is 32.5 Å². The summed E-state index contributed by atoms with van der Waals surface area (Å²) in [6.45, 7) is 2.00. The van der Waals surface area contributed by atoms with Crippen molar-refractivity contribution < 1.29 is 0 Å². The molecule has 0 aliphatic heterocycles. The minimum atomic E-state index is -0.668. The Bertz CT molecular complexity index is 2160. The zero-order chi connectivity index (χ0) is 26.7. The predicted molar refractivity (Wildman–Crippen MR) is 154 cm³/mol. The molecule has 1 aliphatic rings. The van der Waals surface area contributed by atoms with Gasteiger partial charge in [-0.05, 0) is 54.0 Å². The van der Waals surface area contributed by atoms with Crippen molar-refractivity contribution >= 4 is 39.3 Å². The third kappa shape index (κ3) is 3.11. The molecule has 0 N–H and O–H groups in total. The fourth-order valence-corrected chi connectivity index (χ4v) is 5.84. The average molecular weight is 501 g/mol. The van der Waals surface area contributed by atoms with Crippen LogP contribution in [0.2, 0.25) is 0 Å². The predicted octanol–water partition coefficient (Wildman–Crippen LogP) is 6.87. The van der Waals surface area contributed by atoms with Gasteiger partial charge in [-0.3, -0.25) is 9.20 Å². The highest BCUT2D eigenvalue weighted by molar-refractivity contribution is 6.20. The molecule has 7 rings (SSSR count). The summed E-state index contributed by atoms with van der Waals surface area (Å²) in [5.74, 6) is 0. The molecule has 2 aromatic heterocycles. The largest absolute Gasteiger partial charge is 0.268 e. The van der Waals surface area contributed by atoms with Crippen LogP contribution in [0.3, 0.4) is 0 Å². The van der Waals surface area contributed by atoms with Crippen molar-refractivity contribution in [2.45, 2.75) is 12.3 Å². The Morgan fingerprint density at radius 2 is 1.54 bits per heavy atom. The number of benzene rings is 4. The number of allylic oxidation sites excluding steroid dienone is 2. The molecule has 1 unspecified atom stereocenters. The highest BCUT2D eigenvalue weighted by atomic mass is 16.1. The van der Waals surface area contributed by atoms with Gasteiger partial charge in [0.15, 0.2) is 0 Å². The van der Waals surface area contributed by atoms with Crippen molar-refractivity contribution in [2.75, 3.05) is 0 Å². The van der Waals surface area contributed by atoms with Crippen LogP contribution >= 0.6 is 0 Å². The molecule has 39 heavy (non-hydrogen) atoms. The van der Waals surface area contributed by atoms with E-state index in [1.807, 2.05) is 97.9 Å². The SMILES string of the molecule is CC1(c2ccccc2)C=Cc2nc3c4ccc(C#N)c5c(-c6ccccc6)ccc(c(=O)n3c2C=C1C#N)c54. The van der Waals surface area contributed by atoms with Gasteiger partial charge in [0.2, 0.25) is 0 Å². The third-order valence-electron chi connectivity index (χ3n) is 7.89. The van der Waals surface area contributed by atoms with Crippen LogP contribution in [0.1, 0.15) is 29.4 Å². The van der Waals surface area contributed by atoms with Crippen molar-refractivity contribution in [1.82, 2.24) is 9.38 Å². The van der Waals surface area contributed by atoms with E-state index in [1.54, 1.807) is 16.5 Å². The van der Waals surface area contributed by atoms with Gasteiger partial charge in [0.25, 0.3) is 5.56 Å².